The monoisotopic (exact) mass is 391 g/mol. The van der Waals surface area contributed by atoms with Gasteiger partial charge < -0.3 is 9.64 Å². The van der Waals surface area contributed by atoms with E-state index in [0.717, 1.165) is 21.9 Å². The lowest BCUT2D eigenvalue weighted by molar-refractivity contribution is 0.0697. The van der Waals surface area contributed by atoms with Crippen molar-refractivity contribution >= 4 is 17.2 Å². The summed E-state index contributed by atoms with van der Waals surface area (Å²) in [6.07, 6.45) is 0. The Morgan fingerprint density at radius 1 is 1.21 bits per heavy atom. The molecule has 3 aromatic rings. The van der Waals surface area contributed by atoms with E-state index in [1.807, 2.05) is 50.2 Å². The summed E-state index contributed by atoms with van der Waals surface area (Å²) in [6, 6.07) is 17.0. The highest BCUT2D eigenvalue weighted by molar-refractivity contribution is 7.13. The maximum atomic E-state index is 13.1. The maximum Gasteiger partial charge on any atom is 0.273 e. The molecule has 1 atom stereocenters. The van der Waals surface area contributed by atoms with Crippen LogP contribution in [0.3, 0.4) is 0 Å². The Kier molecular flexibility index (Phi) is 6.07. The topological polar surface area (TPSA) is 66.2 Å². The van der Waals surface area contributed by atoms with Crippen LogP contribution in [-0.2, 0) is 0 Å². The number of aromatic nitrogens is 1. The number of benzene rings is 2. The second-order valence-electron chi connectivity index (χ2n) is 6.27. The molecule has 0 aliphatic rings. The summed E-state index contributed by atoms with van der Waals surface area (Å²) in [6.45, 7) is 4.50. The van der Waals surface area contributed by atoms with Crippen molar-refractivity contribution in [3.8, 4) is 22.4 Å². The first-order chi connectivity index (χ1) is 13.6. The number of amides is 1. The molecule has 0 N–H and O–H groups in total. The first kappa shape index (κ1) is 19.6. The molecule has 0 saturated carbocycles. The molecule has 1 amide bonds. The van der Waals surface area contributed by atoms with Gasteiger partial charge in [-0.2, -0.15) is 5.26 Å². The molecule has 28 heavy (non-hydrogen) atoms. The third kappa shape index (κ3) is 4.05. The first-order valence-electron chi connectivity index (χ1n) is 8.98. The zero-order chi connectivity index (χ0) is 20.1. The highest BCUT2D eigenvalue weighted by Gasteiger charge is 2.23. The molecule has 0 spiro atoms. The summed E-state index contributed by atoms with van der Waals surface area (Å²) in [4.78, 5) is 19.4. The summed E-state index contributed by atoms with van der Waals surface area (Å²) in [5.41, 5.74) is 2.99. The molecule has 142 valence electrons. The standard InChI is InChI=1S/C22H21N3O2S/c1-4-25(15(2)17-7-5-16(13-23)6-8-17)22(26)20-14-28-21(24-20)18-9-11-19(27-3)12-10-18/h5-12,14-15H,4H2,1-3H3. The van der Waals surface area contributed by atoms with E-state index >= 15 is 0 Å². The van der Waals surface area contributed by atoms with E-state index in [-0.39, 0.29) is 11.9 Å². The number of hydrogen-bond donors (Lipinski definition) is 0. The van der Waals surface area contributed by atoms with Crippen LogP contribution in [0.15, 0.2) is 53.9 Å². The Bertz CT molecular complexity index is 988. The van der Waals surface area contributed by atoms with Crippen LogP contribution in [0.1, 0.15) is 41.5 Å². The molecule has 5 nitrogen and oxygen atoms in total. The van der Waals surface area contributed by atoms with E-state index in [1.54, 1.807) is 29.5 Å². The fourth-order valence-corrected chi connectivity index (χ4v) is 3.79. The van der Waals surface area contributed by atoms with E-state index in [9.17, 15) is 4.79 Å². The molecule has 6 heteroatoms. The molecular formula is C22H21N3O2S. The average Bonchev–Trinajstić information content (AvgIpc) is 3.24. The molecule has 0 bridgehead atoms. The lowest BCUT2D eigenvalue weighted by Gasteiger charge is -2.27. The molecule has 1 aromatic heterocycles. The van der Waals surface area contributed by atoms with Gasteiger partial charge in [0.15, 0.2) is 0 Å². The van der Waals surface area contributed by atoms with Crippen molar-refractivity contribution in [3.63, 3.8) is 0 Å². The van der Waals surface area contributed by atoms with Gasteiger partial charge in [0.25, 0.3) is 5.91 Å². The second kappa shape index (κ2) is 8.68. The van der Waals surface area contributed by atoms with Crippen molar-refractivity contribution in [2.24, 2.45) is 0 Å². The molecule has 0 fully saturated rings. The van der Waals surface area contributed by atoms with Crippen LogP contribution < -0.4 is 4.74 Å². The van der Waals surface area contributed by atoms with Gasteiger partial charge in [0.1, 0.15) is 16.5 Å². The van der Waals surface area contributed by atoms with Gasteiger partial charge in [0.2, 0.25) is 0 Å². The highest BCUT2D eigenvalue weighted by atomic mass is 32.1. The summed E-state index contributed by atoms with van der Waals surface area (Å²) in [5.74, 6) is 0.681. The fourth-order valence-electron chi connectivity index (χ4n) is 2.99. The van der Waals surface area contributed by atoms with Crippen molar-refractivity contribution in [1.82, 2.24) is 9.88 Å². The minimum atomic E-state index is -0.114. The van der Waals surface area contributed by atoms with Gasteiger partial charge in [0.05, 0.1) is 24.8 Å². The Balaban J connectivity index is 1.80. The quantitative estimate of drug-likeness (QED) is 0.598. The number of methoxy groups -OCH3 is 1. The molecule has 0 aliphatic heterocycles. The Labute approximate surface area is 168 Å². The SMILES string of the molecule is CCN(C(=O)c1csc(-c2ccc(OC)cc2)n1)C(C)c1ccc(C#N)cc1. The molecule has 0 radical (unpaired) electrons. The number of nitriles is 1. The van der Waals surface area contributed by atoms with Crippen molar-refractivity contribution in [2.45, 2.75) is 19.9 Å². The number of carbonyl (C=O) groups is 1. The van der Waals surface area contributed by atoms with Crippen LogP contribution in [0.25, 0.3) is 10.6 Å². The highest BCUT2D eigenvalue weighted by Crippen LogP contribution is 2.28. The van der Waals surface area contributed by atoms with Crippen molar-refractivity contribution in [1.29, 1.82) is 5.26 Å². The number of hydrogen-bond acceptors (Lipinski definition) is 5. The van der Waals surface area contributed by atoms with Gasteiger partial charge in [-0.1, -0.05) is 12.1 Å². The van der Waals surface area contributed by atoms with Crippen LogP contribution in [0.5, 0.6) is 5.75 Å². The predicted molar refractivity (Wildman–Crippen MR) is 110 cm³/mol. The van der Waals surface area contributed by atoms with Gasteiger partial charge in [-0.15, -0.1) is 11.3 Å². The van der Waals surface area contributed by atoms with Gasteiger partial charge in [-0.25, -0.2) is 4.98 Å². The predicted octanol–water partition coefficient (Wildman–Crippen LogP) is 4.91. The van der Waals surface area contributed by atoms with Gasteiger partial charge in [-0.3, -0.25) is 4.79 Å². The summed E-state index contributed by atoms with van der Waals surface area (Å²) in [5, 5.41) is 11.6. The zero-order valence-electron chi connectivity index (χ0n) is 16.0. The van der Waals surface area contributed by atoms with Crippen molar-refractivity contribution < 1.29 is 9.53 Å². The Morgan fingerprint density at radius 2 is 1.89 bits per heavy atom. The number of ether oxygens (including phenoxy) is 1. The summed E-state index contributed by atoms with van der Waals surface area (Å²) < 4.78 is 5.18. The molecule has 1 heterocycles. The largest absolute Gasteiger partial charge is 0.497 e. The lowest BCUT2D eigenvalue weighted by Crippen LogP contribution is -2.33. The fraction of sp³-hybridized carbons (Fsp3) is 0.227. The van der Waals surface area contributed by atoms with Gasteiger partial charge in [0, 0.05) is 17.5 Å². The van der Waals surface area contributed by atoms with Crippen LogP contribution >= 0.6 is 11.3 Å². The molecule has 1 unspecified atom stereocenters. The Morgan fingerprint density at radius 3 is 2.46 bits per heavy atom. The van der Waals surface area contributed by atoms with Crippen LogP contribution in [0.2, 0.25) is 0 Å². The zero-order valence-corrected chi connectivity index (χ0v) is 16.9. The summed E-state index contributed by atoms with van der Waals surface area (Å²) in [7, 11) is 1.63. The van der Waals surface area contributed by atoms with Crippen molar-refractivity contribution in [3.05, 3.63) is 70.7 Å². The molecule has 3 rings (SSSR count). The van der Waals surface area contributed by atoms with Gasteiger partial charge in [-0.05, 0) is 55.8 Å². The van der Waals surface area contributed by atoms with E-state index in [1.165, 1.54) is 11.3 Å². The lowest BCUT2D eigenvalue weighted by atomic mass is 10.0. The minimum absolute atomic E-state index is 0.102. The molecule has 0 aliphatic carbocycles. The first-order valence-corrected chi connectivity index (χ1v) is 9.86. The van der Waals surface area contributed by atoms with E-state index < -0.39 is 0 Å². The number of rotatable bonds is 6. The molecule has 2 aromatic carbocycles. The number of nitrogens with zero attached hydrogens (tertiary/aromatic N) is 3. The Hall–Kier alpha value is -3.17. The number of carbonyl (C=O) groups excluding carboxylic acids is 1. The van der Waals surface area contributed by atoms with Crippen LogP contribution in [0, 0.1) is 11.3 Å². The second-order valence-corrected chi connectivity index (χ2v) is 7.13. The van der Waals surface area contributed by atoms with Crippen LogP contribution in [-0.4, -0.2) is 29.4 Å². The minimum Gasteiger partial charge on any atom is -0.497 e. The molecular weight excluding hydrogens is 370 g/mol. The third-order valence-corrected chi connectivity index (χ3v) is 5.54. The third-order valence-electron chi connectivity index (χ3n) is 4.65. The average molecular weight is 391 g/mol. The number of thiazole rings is 1. The van der Waals surface area contributed by atoms with E-state index in [0.29, 0.717) is 17.8 Å². The molecule has 0 saturated heterocycles. The van der Waals surface area contributed by atoms with Crippen LogP contribution in [0.4, 0.5) is 0 Å². The van der Waals surface area contributed by atoms with Crippen molar-refractivity contribution in [2.75, 3.05) is 13.7 Å². The summed E-state index contributed by atoms with van der Waals surface area (Å²) >= 11 is 1.45. The van der Waals surface area contributed by atoms with E-state index in [2.05, 4.69) is 11.1 Å². The maximum absolute atomic E-state index is 13.1. The normalized spacial score (nSPS) is 11.5. The smallest absolute Gasteiger partial charge is 0.273 e. The van der Waals surface area contributed by atoms with Gasteiger partial charge >= 0.3 is 0 Å². The van der Waals surface area contributed by atoms with E-state index in [4.69, 9.17) is 10.00 Å².